The number of nitrogens with zero attached hydrogens (tertiary/aromatic N) is 3. The number of carbonyl (C=O) groups is 2. The lowest BCUT2D eigenvalue weighted by atomic mass is 10.3. The minimum absolute atomic E-state index is 0.0439. The van der Waals surface area contributed by atoms with Gasteiger partial charge in [-0.25, -0.2) is 4.98 Å². The van der Waals surface area contributed by atoms with Crippen molar-refractivity contribution in [2.45, 2.75) is 0 Å². The van der Waals surface area contributed by atoms with E-state index in [1.807, 2.05) is 24.3 Å². The van der Waals surface area contributed by atoms with E-state index in [1.165, 1.54) is 7.11 Å². The number of methoxy groups -OCH3 is 1. The van der Waals surface area contributed by atoms with Crippen LogP contribution in [0.5, 0.6) is 11.5 Å². The van der Waals surface area contributed by atoms with E-state index in [2.05, 4.69) is 15.2 Å². The molecule has 0 aliphatic carbocycles. The van der Waals surface area contributed by atoms with Crippen molar-refractivity contribution in [2.24, 2.45) is 0 Å². The third kappa shape index (κ3) is 5.12. The largest absolute Gasteiger partial charge is 0.493 e. The summed E-state index contributed by atoms with van der Waals surface area (Å²) in [5.41, 5.74) is 0. The van der Waals surface area contributed by atoms with Gasteiger partial charge in [0.1, 0.15) is 5.82 Å². The normalized spacial score (nSPS) is 13.8. The van der Waals surface area contributed by atoms with Crippen LogP contribution >= 0.6 is 0 Å². The number of rotatable bonds is 7. The summed E-state index contributed by atoms with van der Waals surface area (Å²) >= 11 is 0. The fraction of sp³-hybridized carbons (Fsp3) is 0.350. The number of amides is 2. The van der Waals surface area contributed by atoms with Gasteiger partial charge in [0.2, 0.25) is 5.91 Å². The average molecular weight is 384 g/mol. The van der Waals surface area contributed by atoms with Crippen LogP contribution in [0.2, 0.25) is 0 Å². The van der Waals surface area contributed by atoms with Gasteiger partial charge in [0.05, 0.1) is 13.7 Å². The smallest absolute Gasteiger partial charge is 0.258 e. The summed E-state index contributed by atoms with van der Waals surface area (Å²) in [4.78, 5) is 32.5. The van der Waals surface area contributed by atoms with Crippen LogP contribution in [0.4, 0.5) is 5.82 Å². The van der Waals surface area contributed by atoms with Gasteiger partial charge in [0.15, 0.2) is 18.1 Å². The van der Waals surface area contributed by atoms with Gasteiger partial charge < -0.3 is 24.6 Å². The van der Waals surface area contributed by atoms with Crippen molar-refractivity contribution < 1.29 is 19.1 Å². The second kappa shape index (κ2) is 9.59. The number of anilines is 1. The summed E-state index contributed by atoms with van der Waals surface area (Å²) in [6.45, 7) is 2.41. The molecule has 0 saturated carbocycles. The number of piperazine rings is 1. The maximum absolute atomic E-state index is 12.3. The second-order valence-electron chi connectivity index (χ2n) is 6.27. The molecule has 1 N–H and O–H groups in total. The summed E-state index contributed by atoms with van der Waals surface area (Å²) in [6, 6.07) is 12.9. The van der Waals surface area contributed by atoms with Crippen LogP contribution in [0.3, 0.4) is 0 Å². The summed E-state index contributed by atoms with van der Waals surface area (Å²) in [6.07, 6.45) is 1.76. The van der Waals surface area contributed by atoms with Gasteiger partial charge in [-0.15, -0.1) is 0 Å². The summed E-state index contributed by atoms with van der Waals surface area (Å²) in [5.74, 6) is 1.49. The molecule has 3 rings (SSSR count). The molecular weight excluding hydrogens is 360 g/mol. The number of carbonyl (C=O) groups excluding carboxylic acids is 2. The maximum atomic E-state index is 12.3. The molecule has 1 aliphatic heterocycles. The van der Waals surface area contributed by atoms with E-state index in [0.29, 0.717) is 37.7 Å². The molecule has 8 nitrogen and oxygen atoms in total. The molecule has 0 spiro atoms. The zero-order valence-corrected chi connectivity index (χ0v) is 15.8. The first-order valence-corrected chi connectivity index (χ1v) is 9.13. The molecule has 28 heavy (non-hydrogen) atoms. The van der Waals surface area contributed by atoms with E-state index >= 15 is 0 Å². The summed E-state index contributed by atoms with van der Waals surface area (Å²) in [7, 11) is 1.54. The third-order valence-corrected chi connectivity index (χ3v) is 4.47. The average Bonchev–Trinajstić information content (AvgIpc) is 2.77. The highest BCUT2D eigenvalue weighted by Crippen LogP contribution is 2.25. The molecule has 2 heterocycles. The molecule has 2 amide bonds. The van der Waals surface area contributed by atoms with E-state index in [1.54, 1.807) is 29.3 Å². The third-order valence-electron chi connectivity index (χ3n) is 4.47. The van der Waals surface area contributed by atoms with E-state index in [-0.39, 0.29) is 25.0 Å². The van der Waals surface area contributed by atoms with Crippen molar-refractivity contribution in [3.8, 4) is 11.5 Å². The summed E-state index contributed by atoms with van der Waals surface area (Å²) < 4.78 is 10.6. The highest BCUT2D eigenvalue weighted by Gasteiger charge is 2.22. The fourth-order valence-corrected chi connectivity index (χ4v) is 2.94. The van der Waals surface area contributed by atoms with E-state index in [9.17, 15) is 9.59 Å². The first kappa shape index (κ1) is 19.5. The zero-order valence-electron chi connectivity index (χ0n) is 15.8. The standard InChI is InChI=1S/C20H24N4O4/c1-27-16-6-2-3-7-17(16)28-15-19(25)22-14-20(26)24-12-10-23(11-13-24)18-8-4-5-9-21-18/h2-9H,10-15H2,1H3,(H,22,25). The van der Waals surface area contributed by atoms with Crippen LogP contribution in [0, 0.1) is 0 Å². The van der Waals surface area contributed by atoms with Crippen molar-refractivity contribution in [1.82, 2.24) is 15.2 Å². The van der Waals surface area contributed by atoms with Crippen molar-refractivity contribution in [1.29, 1.82) is 0 Å². The van der Waals surface area contributed by atoms with Crippen molar-refractivity contribution in [2.75, 3.05) is 51.3 Å². The Balaban J connectivity index is 1.39. The Kier molecular flexibility index (Phi) is 6.67. The van der Waals surface area contributed by atoms with E-state index < -0.39 is 0 Å². The van der Waals surface area contributed by atoms with Gasteiger partial charge in [-0.3, -0.25) is 9.59 Å². The molecule has 1 aromatic heterocycles. The number of aromatic nitrogens is 1. The Morgan fingerprint density at radius 2 is 1.75 bits per heavy atom. The van der Waals surface area contributed by atoms with Gasteiger partial charge in [-0.1, -0.05) is 18.2 Å². The molecule has 1 aliphatic rings. The van der Waals surface area contributed by atoms with Gasteiger partial charge in [-0.2, -0.15) is 0 Å². The number of nitrogens with one attached hydrogen (secondary N) is 1. The topological polar surface area (TPSA) is 84.0 Å². The minimum atomic E-state index is -0.355. The number of ether oxygens (including phenoxy) is 2. The first-order chi connectivity index (χ1) is 13.7. The molecule has 148 valence electrons. The Labute approximate surface area is 164 Å². The SMILES string of the molecule is COc1ccccc1OCC(=O)NCC(=O)N1CCN(c2ccccn2)CC1. The highest BCUT2D eigenvalue weighted by atomic mass is 16.5. The first-order valence-electron chi connectivity index (χ1n) is 9.13. The predicted molar refractivity (Wildman–Crippen MR) is 105 cm³/mol. The summed E-state index contributed by atoms with van der Waals surface area (Å²) in [5, 5.41) is 2.61. The van der Waals surface area contributed by atoms with Crippen LogP contribution in [-0.2, 0) is 9.59 Å². The molecule has 0 atom stereocenters. The molecule has 1 aromatic carbocycles. The van der Waals surface area contributed by atoms with Crippen molar-refractivity contribution >= 4 is 17.6 Å². The number of hydrogen-bond acceptors (Lipinski definition) is 6. The molecule has 8 heteroatoms. The molecule has 0 bridgehead atoms. The van der Waals surface area contributed by atoms with Crippen LogP contribution in [0.25, 0.3) is 0 Å². The minimum Gasteiger partial charge on any atom is -0.493 e. The number of pyridine rings is 1. The highest BCUT2D eigenvalue weighted by molar-refractivity contribution is 5.85. The Morgan fingerprint density at radius 1 is 1.04 bits per heavy atom. The van der Waals surface area contributed by atoms with Crippen LogP contribution < -0.4 is 19.7 Å². The zero-order chi connectivity index (χ0) is 19.8. The maximum Gasteiger partial charge on any atom is 0.258 e. The lowest BCUT2D eigenvalue weighted by Crippen LogP contribution is -2.51. The van der Waals surface area contributed by atoms with Crippen LogP contribution in [-0.4, -0.2) is 68.1 Å². The molecule has 0 unspecified atom stereocenters. The van der Waals surface area contributed by atoms with Crippen LogP contribution in [0.15, 0.2) is 48.7 Å². The fourth-order valence-electron chi connectivity index (χ4n) is 2.94. The lowest BCUT2D eigenvalue weighted by Gasteiger charge is -2.35. The van der Waals surface area contributed by atoms with E-state index in [0.717, 1.165) is 5.82 Å². The molecule has 0 radical (unpaired) electrons. The molecule has 1 fully saturated rings. The van der Waals surface area contributed by atoms with Crippen LogP contribution in [0.1, 0.15) is 0 Å². The van der Waals surface area contributed by atoms with Gasteiger partial charge in [-0.05, 0) is 24.3 Å². The molecule has 1 saturated heterocycles. The predicted octanol–water partition coefficient (Wildman–Crippen LogP) is 0.934. The Hall–Kier alpha value is -3.29. The monoisotopic (exact) mass is 384 g/mol. The van der Waals surface area contributed by atoms with Crippen molar-refractivity contribution in [3.05, 3.63) is 48.7 Å². The molecule has 2 aromatic rings. The Bertz CT molecular complexity index is 792. The van der Waals surface area contributed by atoms with Gasteiger partial charge in [0.25, 0.3) is 5.91 Å². The second-order valence-corrected chi connectivity index (χ2v) is 6.27. The number of para-hydroxylation sites is 2. The van der Waals surface area contributed by atoms with Gasteiger partial charge >= 0.3 is 0 Å². The van der Waals surface area contributed by atoms with Crippen molar-refractivity contribution in [3.63, 3.8) is 0 Å². The number of benzene rings is 1. The number of hydrogen-bond donors (Lipinski definition) is 1. The lowest BCUT2D eigenvalue weighted by molar-refractivity contribution is -0.133. The van der Waals surface area contributed by atoms with E-state index in [4.69, 9.17) is 9.47 Å². The Morgan fingerprint density at radius 3 is 2.43 bits per heavy atom. The molecular formula is C20H24N4O4. The quantitative estimate of drug-likeness (QED) is 0.765. The van der Waals surface area contributed by atoms with Gasteiger partial charge in [0, 0.05) is 32.4 Å².